The van der Waals surface area contributed by atoms with Crippen LogP contribution in [-0.2, 0) is 13.6 Å². The van der Waals surface area contributed by atoms with Gasteiger partial charge in [0.05, 0.1) is 29.8 Å². The lowest BCUT2D eigenvalue weighted by Crippen LogP contribution is -2.25. The number of aryl methyl sites for hydroxylation is 1. The molecule has 0 fully saturated rings. The zero-order valence-corrected chi connectivity index (χ0v) is 12.3. The first-order valence-electron chi connectivity index (χ1n) is 6.76. The van der Waals surface area contributed by atoms with E-state index in [0.29, 0.717) is 17.9 Å². The van der Waals surface area contributed by atoms with Gasteiger partial charge in [0.15, 0.2) is 5.69 Å². The van der Waals surface area contributed by atoms with Crippen LogP contribution in [-0.4, -0.2) is 35.9 Å². The van der Waals surface area contributed by atoms with Gasteiger partial charge in [-0.3, -0.25) is 9.48 Å². The van der Waals surface area contributed by atoms with Gasteiger partial charge in [0.25, 0.3) is 5.91 Å². The average Bonchev–Trinajstić information content (AvgIpc) is 3.12. The van der Waals surface area contributed by atoms with Crippen LogP contribution in [0.2, 0.25) is 0 Å². The molecule has 1 aromatic carbocycles. The second-order valence-corrected chi connectivity index (χ2v) is 4.80. The first-order chi connectivity index (χ1) is 10.7. The third kappa shape index (κ3) is 2.58. The highest BCUT2D eigenvalue weighted by atomic mass is 16.2. The Morgan fingerprint density at radius 2 is 2.00 bits per heavy atom. The van der Waals surface area contributed by atoms with Crippen molar-refractivity contribution in [3.63, 3.8) is 0 Å². The first kappa shape index (κ1) is 13.9. The van der Waals surface area contributed by atoms with E-state index < -0.39 is 0 Å². The van der Waals surface area contributed by atoms with Crippen molar-refractivity contribution in [3.05, 3.63) is 53.6 Å². The van der Waals surface area contributed by atoms with Crippen LogP contribution in [0.1, 0.15) is 21.9 Å². The fourth-order valence-corrected chi connectivity index (χ4v) is 2.08. The van der Waals surface area contributed by atoms with Crippen molar-refractivity contribution in [1.82, 2.24) is 35.3 Å². The third-order valence-electron chi connectivity index (χ3n) is 3.35. The molecule has 3 aromatic rings. The lowest BCUT2D eigenvalue weighted by molar-refractivity contribution is 0.0944. The number of para-hydroxylation sites is 1. The van der Waals surface area contributed by atoms with Gasteiger partial charge in [-0.2, -0.15) is 0 Å². The van der Waals surface area contributed by atoms with E-state index >= 15 is 0 Å². The van der Waals surface area contributed by atoms with Crippen molar-refractivity contribution in [3.8, 4) is 5.69 Å². The number of rotatable bonds is 4. The molecular weight excluding hydrogens is 282 g/mol. The standard InChI is InChI=1S/C14H15N7O/c1-10-13(14(22)15-8-12-9-16-18-20(12)2)17-19-21(10)11-6-4-3-5-7-11/h3-7,9H,8H2,1-2H3,(H,15,22). The quantitative estimate of drug-likeness (QED) is 0.763. The van der Waals surface area contributed by atoms with Gasteiger partial charge in [-0.05, 0) is 19.1 Å². The Bertz CT molecular complexity index is 791. The Morgan fingerprint density at radius 1 is 1.23 bits per heavy atom. The van der Waals surface area contributed by atoms with E-state index in [9.17, 15) is 4.79 Å². The summed E-state index contributed by atoms with van der Waals surface area (Å²) >= 11 is 0. The van der Waals surface area contributed by atoms with Gasteiger partial charge in [0, 0.05) is 7.05 Å². The minimum absolute atomic E-state index is 0.277. The van der Waals surface area contributed by atoms with Gasteiger partial charge in [0.1, 0.15) is 0 Å². The molecule has 112 valence electrons. The molecule has 0 saturated carbocycles. The van der Waals surface area contributed by atoms with Gasteiger partial charge < -0.3 is 5.32 Å². The van der Waals surface area contributed by atoms with Gasteiger partial charge in [-0.15, -0.1) is 10.2 Å². The maximum absolute atomic E-state index is 12.2. The highest BCUT2D eigenvalue weighted by molar-refractivity contribution is 5.93. The maximum atomic E-state index is 12.2. The van der Waals surface area contributed by atoms with Crippen molar-refractivity contribution in [2.24, 2.45) is 7.05 Å². The summed E-state index contributed by atoms with van der Waals surface area (Å²) < 4.78 is 3.24. The summed E-state index contributed by atoms with van der Waals surface area (Å²) in [6, 6.07) is 9.55. The minimum atomic E-state index is -0.277. The molecule has 3 rings (SSSR count). The fourth-order valence-electron chi connectivity index (χ4n) is 2.08. The Morgan fingerprint density at radius 3 is 2.68 bits per heavy atom. The third-order valence-corrected chi connectivity index (χ3v) is 3.35. The molecular formula is C14H15N7O. The smallest absolute Gasteiger partial charge is 0.274 e. The molecule has 8 heteroatoms. The van der Waals surface area contributed by atoms with E-state index in [1.54, 1.807) is 22.6 Å². The zero-order valence-electron chi connectivity index (χ0n) is 12.3. The van der Waals surface area contributed by atoms with Crippen LogP contribution < -0.4 is 5.32 Å². The van der Waals surface area contributed by atoms with Crippen molar-refractivity contribution < 1.29 is 4.79 Å². The summed E-state index contributed by atoms with van der Waals surface area (Å²) in [6.45, 7) is 2.15. The molecule has 8 nitrogen and oxygen atoms in total. The lowest BCUT2D eigenvalue weighted by Gasteiger charge is -2.05. The lowest BCUT2D eigenvalue weighted by atomic mass is 10.3. The zero-order chi connectivity index (χ0) is 15.5. The van der Waals surface area contributed by atoms with Crippen molar-refractivity contribution >= 4 is 5.91 Å². The molecule has 0 radical (unpaired) electrons. The van der Waals surface area contributed by atoms with Gasteiger partial charge in [-0.25, -0.2) is 4.68 Å². The monoisotopic (exact) mass is 297 g/mol. The second-order valence-electron chi connectivity index (χ2n) is 4.80. The number of nitrogens with one attached hydrogen (secondary N) is 1. The van der Waals surface area contributed by atoms with Crippen LogP contribution in [0.25, 0.3) is 5.69 Å². The summed E-state index contributed by atoms with van der Waals surface area (Å²) in [7, 11) is 1.77. The normalized spacial score (nSPS) is 10.6. The topological polar surface area (TPSA) is 90.5 Å². The molecule has 0 saturated heterocycles. The summed E-state index contributed by atoms with van der Waals surface area (Å²) in [4.78, 5) is 12.2. The predicted octanol–water partition coefficient (Wildman–Crippen LogP) is 0.634. The van der Waals surface area contributed by atoms with E-state index in [0.717, 1.165) is 11.4 Å². The van der Waals surface area contributed by atoms with Crippen LogP contribution in [0.4, 0.5) is 0 Å². The van der Waals surface area contributed by atoms with E-state index in [2.05, 4.69) is 25.9 Å². The van der Waals surface area contributed by atoms with Crippen LogP contribution in [0.15, 0.2) is 36.5 Å². The number of aromatic nitrogens is 6. The molecule has 1 N–H and O–H groups in total. The Balaban J connectivity index is 1.77. The highest BCUT2D eigenvalue weighted by Gasteiger charge is 2.17. The van der Waals surface area contributed by atoms with Crippen LogP contribution in [0.5, 0.6) is 0 Å². The number of benzene rings is 1. The Hall–Kier alpha value is -3.03. The van der Waals surface area contributed by atoms with Crippen LogP contribution >= 0.6 is 0 Å². The molecule has 2 aromatic heterocycles. The molecule has 0 aliphatic carbocycles. The summed E-state index contributed by atoms with van der Waals surface area (Å²) in [6.07, 6.45) is 1.61. The Kier molecular flexibility index (Phi) is 3.65. The average molecular weight is 297 g/mol. The van der Waals surface area contributed by atoms with Crippen molar-refractivity contribution in [2.45, 2.75) is 13.5 Å². The molecule has 0 atom stereocenters. The molecule has 0 spiro atoms. The molecule has 1 amide bonds. The predicted molar refractivity (Wildman–Crippen MR) is 78.3 cm³/mol. The molecule has 22 heavy (non-hydrogen) atoms. The molecule has 0 bridgehead atoms. The Labute approximate surface area is 126 Å². The summed E-state index contributed by atoms with van der Waals surface area (Å²) in [5, 5.41) is 18.4. The van der Waals surface area contributed by atoms with Crippen LogP contribution in [0.3, 0.4) is 0 Å². The molecule has 2 heterocycles. The summed E-state index contributed by atoms with van der Waals surface area (Å²) in [5.74, 6) is -0.277. The van der Waals surface area contributed by atoms with Crippen molar-refractivity contribution in [1.29, 1.82) is 0 Å². The van der Waals surface area contributed by atoms with Crippen LogP contribution in [0, 0.1) is 6.92 Å². The van der Waals surface area contributed by atoms with Crippen molar-refractivity contribution in [2.75, 3.05) is 0 Å². The number of nitrogens with zero attached hydrogens (tertiary/aromatic N) is 6. The number of amides is 1. The van der Waals surface area contributed by atoms with E-state index in [1.807, 2.05) is 37.3 Å². The van der Waals surface area contributed by atoms with Gasteiger partial charge in [0.2, 0.25) is 0 Å². The molecule has 0 unspecified atom stereocenters. The number of carbonyl (C=O) groups excluding carboxylic acids is 1. The minimum Gasteiger partial charge on any atom is -0.345 e. The van der Waals surface area contributed by atoms with Gasteiger partial charge in [-0.1, -0.05) is 28.6 Å². The first-order valence-corrected chi connectivity index (χ1v) is 6.76. The van der Waals surface area contributed by atoms with E-state index in [4.69, 9.17) is 0 Å². The number of hydrogen-bond donors (Lipinski definition) is 1. The number of carbonyl (C=O) groups is 1. The maximum Gasteiger partial charge on any atom is 0.274 e. The number of hydrogen-bond acceptors (Lipinski definition) is 5. The van der Waals surface area contributed by atoms with E-state index in [1.165, 1.54) is 0 Å². The van der Waals surface area contributed by atoms with Gasteiger partial charge >= 0.3 is 0 Å². The molecule has 0 aliphatic rings. The highest BCUT2D eigenvalue weighted by Crippen LogP contribution is 2.11. The van der Waals surface area contributed by atoms with E-state index in [-0.39, 0.29) is 5.91 Å². The second kappa shape index (κ2) is 5.76. The largest absolute Gasteiger partial charge is 0.345 e. The molecule has 0 aliphatic heterocycles. The SMILES string of the molecule is Cc1c(C(=O)NCc2cnnn2C)nnn1-c1ccccc1. The fraction of sp³-hybridized carbons (Fsp3) is 0.214. The summed E-state index contributed by atoms with van der Waals surface area (Å²) in [5.41, 5.74) is 2.66.